The Morgan fingerprint density at radius 1 is 1.00 bits per heavy atom. The molecule has 2 bridgehead atoms. The number of thiophene rings is 1. The molecule has 4 heterocycles. The standard InChI is InChI=1S/C28H38NO3S.C2HF3O2/c30-27(28(31,23-9-3-1-4-10-23)24-11-5-2-6-12-24)32-26-21-29(18-15-22(26)16-19-29)17-7-13-25-14-8-20-33-25;3-2(4,5)1(6)7/h1,3-4,8-10,14,20,22,24,26,31H,2,5-7,11-13,15-19,21H2;(H,6,7)/q+1;/p-1/t22?,26-,28+,29?;/m0./s1. The van der Waals surface area contributed by atoms with Crippen LogP contribution in [0.5, 0.6) is 0 Å². The molecule has 3 saturated heterocycles. The van der Waals surface area contributed by atoms with Gasteiger partial charge in [0.25, 0.3) is 0 Å². The number of carbonyl (C=O) groups excluding carboxylic acids is 2. The zero-order chi connectivity index (χ0) is 28.8. The average Bonchev–Trinajstić information content (AvgIpc) is 3.47. The first-order chi connectivity index (χ1) is 19.0. The average molecular weight is 582 g/mol. The number of aliphatic carboxylic acids is 1. The van der Waals surface area contributed by atoms with Gasteiger partial charge in [-0.25, -0.2) is 4.79 Å². The Bertz CT molecular complexity index is 1100. The molecular weight excluding hydrogens is 543 g/mol. The van der Waals surface area contributed by atoms with E-state index in [0.29, 0.717) is 11.5 Å². The summed E-state index contributed by atoms with van der Waals surface area (Å²) in [5.41, 5.74) is -0.833. The number of rotatable bonds is 8. The van der Waals surface area contributed by atoms with Crippen molar-refractivity contribution in [1.29, 1.82) is 0 Å². The maximum atomic E-state index is 13.7. The van der Waals surface area contributed by atoms with E-state index in [1.165, 1.54) is 30.8 Å². The van der Waals surface area contributed by atoms with E-state index in [4.69, 9.17) is 14.6 Å². The number of hydrogen-bond acceptors (Lipinski definition) is 6. The van der Waals surface area contributed by atoms with E-state index in [1.807, 2.05) is 41.7 Å². The van der Waals surface area contributed by atoms with Gasteiger partial charge in [0.15, 0.2) is 11.7 Å². The van der Waals surface area contributed by atoms with E-state index < -0.39 is 23.7 Å². The highest BCUT2D eigenvalue weighted by Crippen LogP contribution is 2.42. The first-order valence-electron chi connectivity index (χ1n) is 14.2. The number of fused-ring (bicyclic) bond motifs is 3. The highest BCUT2D eigenvalue weighted by Gasteiger charge is 2.52. The van der Waals surface area contributed by atoms with Crippen molar-refractivity contribution in [2.75, 3.05) is 26.2 Å². The number of quaternary nitrogens is 1. The Morgan fingerprint density at radius 3 is 2.23 bits per heavy atom. The Balaban J connectivity index is 0.000000470. The number of alkyl halides is 3. The van der Waals surface area contributed by atoms with Crippen molar-refractivity contribution in [3.63, 3.8) is 0 Å². The minimum Gasteiger partial charge on any atom is -0.542 e. The molecule has 10 heteroatoms. The number of hydrogen-bond donors (Lipinski definition) is 1. The highest BCUT2D eigenvalue weighted by molar-refractivity contribution is 7.09. The number of carboxylic acids is 1. The van der Waals surface area contributed by atoms with Crippen molar-refractivity contribution in [2.24, 2.45) is 11.8 Å². The van der Waals surface area contributed by atoms with Crippen molar-refractivity contribution < 1.29 is 42.2 Å². The number of aliphatic hydroxyl groups is 1. The normalized spacial score (nSPS) is 26.3. The van der Waals surface area contributed by atoms with Gasteiger partial charge in [-0.3, -0.25) is 0 Å². The summed E-state index contributed by atoms with van der Waals surface area (Å²) in [7, 11) is 0. The monoisotopic (exact) mass is 581 g/mol. The summed E-state index contributed by atoms with van der Waals surface area (Å²) in [6.07, 6.45) is 4.42. The smallest absolute Gasteiger partial charge is 0.430 e. The fourth-order valence-electron chi connectivity index (χ4n) is 6.67. The van der Waals surface area contributed by atoms with Crippen LogP contribution in [0.3, 0.4) is 0 Å². The van der Waals surface area contributed by atoms with E-state index in [-0.39, 0.29) is 12.0 Å². The Hall–Kier alpha value is -2.43. The number of esters is 1. The molecule has 220 valence electrons. The van der Waals surface area contributed by atoms with Crippen LogP contribution in [0.1, 0.15) is 61.8 Å². The number of halogens is 3. The van der Waals surface area contributed by atoms with Crippen molar-refractivity contribution in [2.45, 2.75) is 75.7 Å². The van der Waals surface area contributed by atoms with Crippen molar-refractivity contribution in [1.82, 2.24) is 0 Å². The molecule has 40 heavy (non-hydrogen) atoms. The molecule has 2 atom stereocenters. The highest BCUT2D eigenvalue weighted by atomic mass is 32.1. The molecule has 1 N–H and O–H groups in total. The minimum atomic E-state index is -5.19. The second-order valence-electron chi connectivity index (χ2n) is 11.4. The van der Waals surface area contributed by atoms with Gasteiger partial charge in [-0.2, -0.15) is 13.2 Å². The molecule has 6 nitrogen and oxygen atoms in total. The SMILES string of the molecule is O=C(O[C@H]1C[N+]2(CCCc3cccs3)CCC1CC2)[C@@](O)(c1ccccc1)C1CCCCC1.O=C([O-])C(F)(F)F. The number of carbonyl (C=O) groups is 2. The second kappa shape index (κ2) is 13.0. The largest absolute Gasteiger partial charge is 0.542 e. The zero-order valence-corrected chi connectivity index (χ0v) is 23.4. The third kappa shape index (κ3) is 7.25. The van der Waals surface area contributed by atoms with E-state index in [2.05, 4.69) is 17.5 Å². The summed E-state index contributed by atoms with van der Waals surface area (Å²) in [6.45, 7) is 4.48. The maximum absolute atomic E-state index is 13.7. The Kier molecular flexibility index (Phi) is 9.95. The first-order valence-corrected chi connectivity index (χ1v) is 15.1. The summed E-state index contributed by atoms with van der Waals surface area (Å²) >= 11 is 1.84. The molecular formula is C30H38F3NO5S. The van der Waals surface area contributed by atoms with E-state index in [0.717, 1.165) is 62.5 Å². The maximum Gasteiger partial charge on any atom is 0.430 e. The number of ether oxygens (including phenoxy) is 1. The summed E-state index contributed by atoms with van der Waals surface area (Å²) in [6, 6.07) is 13.9. The summed E-state index contributed by atoms with van der Waals surface area (Å²) in [5.74, 6) is -3.03. The number of piperidine rings is 3. The van der Waals surface area contributed by atoms with Gasteiger partial charge in [0, 0.05) is 36.0 Å². The number of aryl methyl sites for hydroxylation is 1. The third-order valence-electron chi connectivity index (χ3n) is 8.89. The molecule has 2 aromatic rings. The molecule has 0 unspecified atom stereocenters. The number of carboxylic acid groups (broad SMARTS) is 1. The molecule has 0 radical (unpaired) electrons. The molecule has 4 fully saturated rings. The van der Waals surface area contributed by atoms with Crippen LogP contribution in [0.25, 0.3) is 0 Å². The summed E-state index contributed by atoms with van der Waals surface area (Å²) in [5, 5.41) is 22.9. The van der Waals surface area contributed by atoms with Gasteiger partial charge in [0.05, 0.1) is 19.6 Å². The molecule has 1 aliphatic carbocycles. The number of benzene rings is 1. The van der Waals surface area contributed by atoms with Crippen LogP contribution in [0.4, 0.5) is 13.2 Å². The molecule has 3 aliphatic heterocycles. The van der Waals surface area contributed by atoms with Crippen LogP contribution < -0.4 is 5.11 Å². The third-order valence-corrected chi connectivity index (χ3v) is 9.82. The van der Waals surface area contributed by atoms with Gasteiger partial charge in [-0.1, -0.05) is 55.7 Å². The van der Waals surface area contributed by atoms with Gasteiger partial charge >= 0.3 is 12.1 Å². The number of nitrogens with zero attached hydrogens (tertiary/aromatic N) is 1. The lowest BCUT2D eigenvalue weighted by Gasteiger charge is -2.52. The molecule has 4 aliphatic rings. The molecule has 6 rings (SSSR count). The molecule has 0 spiro atoms. The van der Waals surface area contributed by atoms with Gasteiger partial charge < -0.3 is 24.2 Å². The Labute approximate surface area is 237 Å². The summed E-state index contributed by atoms with van der Waals surface area (Å²) < 4.78 is 38.9. The van der Waals surface area contributed by atoms with E-state index in [1.54, 1.807) is 0 Å². The van der Waals surface area contributed by atoms with Crippen LogP contribution in [0, 0.1) is 11.8 Å². The van der Waals surface area contributed by atoms with Crippen molar-refractivity contribution >= 4 is 23.3 Å². The van der Waals surface area contributed by atoms with Gasteiger partial charge in [0.2, 0.25) is 0 Å². The molecule has 0 amide bonds. The summed E-state index contributed by atoms with van der Waals surface area (Å²) in [4.78, 5) is 24.0. The van der Waals surface area contributed by atoms with Gasteiger partial charge in [-0.15, -0.1) is 11.3 Å². The second-order valence-corrected chi connectivity index (χ2v) is 12.4. The van der Waals surface area contributed by atoms with Crippen LogP contribution in [0.15, 0.2) is 47.8 Å². The van der Waals surface area contributed by atoms with Gasteiger partial charge in [0.1, 0.15) is 12.5 Å². The predicted octanol–water partition coefficient (Wildman–Crippen LogP) is 4.60. The first kappa shape index (κ1) is 30.5. The lowest BCUT2D eigenvalue weighted by Crippen LogP contribution is -2.65. The zero-order valence-electron chi connectivity index (χ0n) is 22.6. The fraction of sp³-hybridized carbons (Fsp3) is 0.600. The van der Waals surface area contributed by atoms with Crippen LogP contribution >= 0.6 is 11.3 Å². The van der Waals surface area contributed by atoms with E-state index >= 15 is 0 Å². The van der Waals surface area contributed by atoms with Crippen molar-refractivity contribution in [3.05, 3.63) is 58.3 Å². The Morgan fingerprint density at radius 2 is 1.65 bits per heavy atom. The lowest BCUT2D eigenvalue weighted by atomic mass is 9.73. The predicted molar refractivity (Wildman–Crippen MR) is 143 cm³/mol. The molecule has 1 aromatic carbocycles. The van der Waals surface area contributed by atoms with Crippen LogP contribution in [0.2, 0.25) is 0 Å². The van der Waals surface area contributed by atoms with Crippen LogP contribution in [-0.2, 0) is 26.3 Å². The van der Waals surface area contributed by atoms with Gasteiger partial charge in [-0.05, 0) is 36.3 Å². The van der Waals surface area contributed by atoms with E-state index in [9.17, 15) is 23.1 Å². The molecule has 1 saturated carbocycles. The fourth-order valence-corrected chi connectivity index (χ4v) is 7.42. The van der Waals surface area contributed by atoms with Crippen molar-refractivity contribution in [3.8, 4) is 0 Å². The topological polar surface area (TPSA) is 86.7 Å². The lowest BCUT2D eigenvalue weighted by molar-refractivity contribution is -0.946. The minimum absolute atomic E-state index is 0.0591. The van der Waals surface area contributed by atoms with Crippen LogP contribution in [-0.4, -0.2) is 60.0 Å². The molecule has 1 aromatic heterocycles. The quantitative estimate of drug-likeness (QED) is 0.364.